The molecule has 0 aliphatic heterocycles. The van der Waals surface area contributed by atoms with Crippen LogP contribution in [0.1, 0.15) is 15.9 Å². The number of carbonyl (C=O) groups is 1. The minimum atomic E-state index is -4.66. The molecule has 0 aliphatic carbocycles. The number of amides is 1. The minimum Gasteiger partial charge on any atom is -0.508 e. The van der Waals surface area contributed by atoms with Crippen LogP contribution in [0.15, 0.2) is 53.4 Å². The van der Waals surface area contributed by atoms with Crippen molar-refractivity contribution in [3.05, 3.63) is 69.8 Å². The van der Waals surface area contributed by atoms with E-state index in [-0.39, 0.29) is 28.3 Å². The number of benzene rings is 3. The van der Waals surface area contributed by atoms with Crippen LogP contribution in [0.4, 0.5) is 11.4 Å². The average Bonchev–Trinajstić information content (AvgIpc) is 2.59. The molecule has 10 heteroatoms. The maximum absolute atomic E-state index is 12.5. The van der Waals surface area contributed by atoms with Crippen molar-refractivity contribution in [3.63, 3.8) is 0 Å². The van der Waals surface area contributed by atoms with Gasteiger partial charge in [0, 0.05) is 17.2 Å². The zero-order chi connectivity index (χ0) is 20.6. The molecule has 0 spiro atoms. The predicted molar refractivity (Wildman–Crippen MR) is 101 cm³/mol. The first kappa shape index (κ1) is 19.3. The second kappa shape index (κ2) is 6.91. The Labute approximate surface area is 159 Å². The molecule has 28 heavy (non-hydrogen) atoms. The molecular weight excluding hydrogens is 388 g/mol. The number of anilines is 1. The van der Waals surface area contributed by atoms with E-state index in [0.717, 1.165) is 0 Å². The first-order valence-corrected chi connectivity index (χ1v) is 9.31. The molecule has 0 aliphatic rings. The summed E-state index contributed by atoms with van der Waals surface area (Å²) in [6, 6.07) is 10.4. The molecule has 0 bridgehead atoms. The Morgan fingerprint density at radius 2 is 1.79 bits per heavy atom. The number of nitro benzene ring substituents is 1. The normalized spacial score (nSPS) is 11.4. The summed E-state index contributed by atoms with van der Waals surface area (Å²) in [7, 11) is -4.66. The van der Waals surface area contributed by atoms with Crippen LogP contribution in [0.25, 0.3) is 10.8 Å². The fraction of sp³-hybridized carbons (Fsp3) is 0.0556. The Balaban J connectivity index is 2.06. The second-order valence-corrected chi connectivity index (χ2v) is 7.46. The van der Waals surface area contributed by atoms with Crippen LogP contribution in [0, 0.1) is 17.0 Å². The summed E-state index contributed by atoms with van der Waals surface area (Å²) in [4.78, 5) is 22.3. The quantitative estimate of drug-likeness (QED) is 0.345. The monoisotopic (exact) mass is 402 g/mol. The van der Waals surface area contributed by atoms with Gasteiger partial charge in [-0.3, -0.25) is 19.5 Å². The van der Waals surface area contributed by atoms with E-state index < -0.39 is 25.8 Å². The van der Waals surface area contributed by atoms with Gasteiger partial charge >= 0.3 is 0 Å². The third-order valence-corrected chi connectivity index (χ3v) is 5.00. The van der Waals surface area contributed by atoms with Gasteiger partial charge in [0.1, 0.15) is 10.6 Å². The molecule has 3 aromatic carbocycles. The van der Waals surface area contributed by atoms with Gasteiger partial charge in [-0.25, -0.2) is 0 Å². The highest BCUT2D eigenvalue weighted by atomic mass is 32.2. The highest BCUT2D eigenvalue weighted by molar-refractivity contribution is 7.86. The van der Waals surface area contributed by atoms with Crippen molar-refractivity contribution >= 4 is 38.2 Å². The summed E-state index contributed by atoms with van der Waals surface area (Å²) in [5, 5.41) is 23.7. The first-order valence-electron chi connectivity index (χ1n) is 7.87. The van der Waals surface area contributed by atoms with Crippen molar-refractivity contribution in [1.82, 2.24) is 0 Å². The second-order valence-electron chi connectivity index (χ2n) is 6.07. The van der Waals surface area contributed by atoms with Crippen LogP contribution in [0.5, 0.6) is 5.75 Å². The molecule has 144 valence electrons. The third-order valence-electron chi connectivity index (χ3n) is 4.10. The average molecular weight is 402 g/mol. The van der Waals surface area contributed by atoms with E-state index in [1.807, 2.05) is 0 Å². The fourth-order valence-electron chi connectivity index (χ4n) is 2.77. The number of fused-ring (bicyclic) bond motifs is 1. The predicted octanol–water partition coefficient (Wildman–Crippen LogP) is 3.26. The molecule has 0 heterocycles. The Morgan fingerprint density at radius 3 is 2.39 bits per heavy atom. The number of phenolic OH excluding ortho intramolecular Hbond substituents is 1. The number of phenols is 1. The van der Waals surface area contributed by atoms with E-state index in [0.29, 0.717) is 10.8 Å². The number of nitro groups is 1. The van der Waals surface area contributed by atoms with Gasteiger partial charge in [-0.2, -0.15) is 8.42 Å². The highest BCUT2D eigenvalue weighted by Crippen LogP contribution is 2.30. The van der Waals surface area contributed by atoms with E-state index in [1.54, 1.807) is 0 Å². The van der Waals surface area contributed by atoms with Crippen molar-refractivity contribution in [2.45, 2.75) is 11.8 Å². The van der Waals surface area contributed by atoms with Gasteiger partial charge in [0.15, 0.2) is 0 Å². The van der Waals surface area contributed by atoms with Gasteiger partial charge in [0.25, 0.3) is 21.7 Å². The van der Waals surface area contributed by atoms with Crippen molar-refractivity contribution < 1.29 is 27.8 Å². The molecule has 0 fully saturated rings. The van der Waals surface area contributed by atoms with Gasteiger partial charge < -0.3 is 10.4 Å². The lowest BCUT2D eigenvalue weighted by Crippen LogP contribution is -2.15. The number of nitrogens with one attached hydrogen (secondary N) is 1. The van der Waals surface area contributed by atoms with Crippen LogP contribution in [-0.2, 0) is 10.1 Å². The molecule has 1 amide bonds. The first-order chi connectivity index (χ1) is 13.1. The molecule has 3 N–H and O–H groups in total. The summed E-state index contributed by atoms with van der Waals surface area (Å²) in [5.74, 6) is -0.780. The summed E-state index contributed by atoms with van der Waals surface area (Å²) in [6.07, 6.45) is 0. The Kier molecular flexibility index (Phi) is 4.75. The zero-order valence-electron chi connectivity index (χ0n) is 14.4. The number of hydrogen-bond donors (Lipinski definition) is 3. The van der Waals surface area contributed by atoms with Crippen molar-refractivity contribution in [3.8, 4) is 5.75 Å². The van der Waals surface area contributed by atoms with Gasteiger partial charge in [-0.05, 0) is 54.1 Å². The molecule has 0 radical (unpaired) electrons. The lowest BCUT2D eigenvalue weighted by Gasteiger charge is -2.12. The van der Waals surface area contributed by atoms with E-state index in [1.165, 1.54) is 55.5 Å². The number of nitrogens with zero attached hydrogens (tertiary/aromatic N) is 1. The SMILES string of the molecule is Cc1cc(C(=O)Nc2cc3cc(O)ccc3cc2S(=O)(=O)O)ccc1[N+](=O)[O-]. The van der Waals surface area contributed by atoms with Gasteiger partial charge in [-0.15, -0.1) is 0 Å². The number of hydrogen-bond acceptors (Lipinski definition) is 6. The van der Waals surface area contributed by atoms with Gasteiger partial charge in [0.05, 0.1) is 10.6 Å². The molecule has 0 atom stereocenters. The van der Waals surface area contributed by atoms with E-state index >= 15 is 0 Å². The van der Waals surface area contributed by atoms with E-state index in [4.69, 9.17) is 0 Å². The highest BCUT2D eigenvalue weighted by Gasteiger charge is 2.20. The summed E-state index contributed by atoms with van der Waals surface area (Å²) < 4.78 is 33.0. The molecule has 0 unspecified atom stereocenters. The largest absolute Gasteiger partial charge is 0.508 e. The summed E-state index contributed by atoms with van der Waals surface area (Å²) in [5.41, 5.74) is -0.0190. The molecule has 0 saturated heterocycles. The standard InChI is InChI=1S/C18H14N2O7S/c1-10-6-12(3-5-16(10)20(23)24)18(22)19-15-8-13-7-14(21)4-2-11(13)9-17(15)28(25,26)27/h2-9,21H,1H3,(H,19,22)(H,25,26,27). The third kappa shape index (κ3) is 3.77. The molecule has 3 aromatic rings. The number of aryl methyl sites for hydroxylation is 1. The molecular formula is C18H14N2O7S. The van der Waals surface area contributed by atoms with Crippen molar-refractivity contribution in [2.24, 2.45) is 0 Å². The van der Waals surface area contributed by atoms with Crippen molar-refractivity contribution in [2.75, 3.05) is 5.32 Å². The van der Waals surface area contributed by atoms with Crippen LogP contribution >= 0.6 is 0 Å². The Hall–Kier alpha value is -3.50. The summed E-state index contributed by atoms with van der Waals surface area (Å²) in [6.45, 7) is 1.47. The number of aromatic hydroxyl groups is 1. The van der Waals surface area contributed by atoms with Gasteiger partial charge in [0.2, 0.25) is 0 Å². The van der Waals surface area contributed by atoms with Crippen LogP contribution in [-0.4, -0.2) is 28.9 Å². The maximum Gasteiger partial charge on any atom is 0.296 e. The van der Waals surface area contributed by atoms with Crippen LogP contribution in [0.2, 0.25) is 0 Å². The maximum atomic E-state index is 12.5. The lowest BCUT2D eigenvalue weighted by atomic mass is 10.1. The number of carbonyl (C=O) groups excluding carboxylic acids is 1. The van der Waals surface area contributed by atoms with Crippen LogP contribution in [0.3, 0.4) is 0 Å². The molecule has 9 nitrogen and oxygen atoms in total. The number of rotatable bonds is 4. The molecule has 0 saturated carbocycles. The smallest absolute Gasteiger partial charge is 0.296 e. The summed E-state index contributed by atoms with van der Waals surface area (Å²) >= 11 is 0. The minimum absolute atomic E-state index is 0.0598. The van der Waals surface area contributed by atoms with Crippen molar-refractivity contribution in [1.29, 1.82) is 0 Å². The zero-order valence-corrected chi connectivity index (χ0v) is 15.2. The molecule has 3 rings (SSSR count). The van der Waals surface area contributed by atoms with E-state index in [9.17, 15) is 33.0 Å². The topological polar surface area (TPSA) is 147 Å². The lowest BCUT2D eigenvalue weighted by molar-refractivity contribution is -0.385. The molecule has 0 aromatic heterocycles. The fourth-order valence-corrected chi connectivity index (χ4v) is 3.44. The van der Waals surface area contributed by atoms with E-state index in [2.05, 4.69) is 5.32 Å². The Bertz CT molecular complexity index is 1240. The Morgan fingerprint density at radius 1 is 1.07 bits per heavy atom. The van der Waals surface area contributed by atoms with Crippen LogP contribution < -0.4 is 5.32 Å². The van der Waals surface area contributed by atoms with Gasteiger partial charge in [-0.1, -0.05) is 6.07 Å².